The Morgan fingerprint density at radius 1 is 1.22 bits per heavy atom. The van der Waals surface area contributed by atoms with Crippen LogP contribution in [0.2, 0.25) is 0 Å². The molecular weight excluding hydrogens is 358 g/mol. The van der Waals surface area contributed by atoms with Gasteiger partial charge < -0.3 is 40.0 Å². The fraction of sp³-hybridized carbons (Fsp3) is 0.556. The maximum absolute atomic E-state index is 10.3. The number of aliphatic carboxylic acids is 2. The summed E-state index contributed by atoms with van der Waals surface area (Å²) in [4.78, 5) is 18.0. The van der Waals surface area contributed by atoms with Gasteiger partial charge in [-0.2, -0.15) is 0 Å². The minimum absolute atomic E-state index is 0.0578. The molecule has 2 rings (SSSR count). The van der Waals surface area contributed by atoms with Gasteiger partial charge in [0.2, 0.25) is 0 Å². The molecule has 0 aromatic heterocycles. The summed E-state index contributed by atoms with van der Waals surface area (Å²) in [5.74, 6) is -3.33. The number of carboxylic acids is 2. The topological polar surface area (TPSA) is 153 Å². The zero-order chi connectivity index (χ0) is 20.4. The molecule has 152 valence electrons. The molecule has 9 heteroatoms. The molecule has 1 aliphatic rings. The third kappa shape index (κ3) is 8.83. The Labute approximate surface area is 157 Å². The third-order valence-corrected chi connectivity index (χ3v) is 4.10. The minimum Gasteiger partial charge on any atom is -0.539 e. The molecule has 5 N–H and O–H groups in total. The largest absolute Gasteiger partial charge is 0.539 e. The quantitative estimate of drug-likeness (QED) is 0.418. The van der Waals surface area contributed by atoms with E-state index in [2.05, 4.69) is 12.2 Å². The third-order valence-electron chi connectivity index (χ3n) is 4.10. The van der Waals surface area contributed by atoms with Crippen LogP contribution in [-0.4, -0.2) is 59.3 Å². The maximum atomic E-state index is 10.3. The van der Waals surface area contributed by atoms with E-state index >= 15 is 0 Å². The van der Waals surface area contributed by atoms with Gasteiger partial charge in [0.15, 0.2) is 12.3 Å². The first-order valence-electron chi connectivity index (χ1n) is 8.68. The second-order valence-electron chi connectivity index (χ2n) is 6.47. The molecule has 1 aliphatic heterocycles. The van der Waals surface area contributed by atoms with E-state index < -0.39 is 18.0 Å². The number of aliphatic hydroxyl groups is 1. The first-order valence-corrected chi connectivity index (χ1v) is 8.68. The van der Waals surface area contributed by atoms with E-state index in [-0.39, 0.29) is 18.1 Å². The van der Waals surface area contributed by atoms with Crippen LogP contribution in [0, 0.1) is 5.92 Å². The molecule has 1 aromatic carbocycles. The van der Waals surface area contributed by atoms with Gasteiger partial charge >= 0.3 is 5.97 Å². The number of hydrogen-bond donors (Lipinski definition) is 4. The van der Waals surface area contributed by atoms with E-state index in [0.29, 0.717) is 19.1 Å². The number of ether oxygens (including phenoxy) is 2. The Kier molecular flexibility index (Phi) is 9.73. The normalized spacial score (nSPS) is 17.4. The molecule has 0 radical (unpaired) electrons. The van der Waals surface area contributed by atoms with E-state index in [1.54, 1.807) is 24.3 Å². The van der Waals surface area contributed by atoms with E-state index in [4.69, 9.17) is 29.3 Å². The number of phenolic OH excluding ortho intramolecular Hbond substituents is 1. The van der Waals surface area contributed by atoms with Crippen LogP contribution in [0.15, 0.2) is 24.3 Å². The van der Waals surface area contributed by atoms with Gasteiger partial charge in [-0.05, 0) is 24.6 Å². The van der Waals surface area contributed by atoms with Crippen molar-refractivity contribution in [2.75, 3.05) is 19.8 Å². The highest BCUT2D eigenvalue weighted by molar-refractivity contribution is 6.26. The molecule has 1 saturated heterocycles. The van der Waals surface area contributed by atoms with Gasteiger partial charge in [-0.15, -0.1) is 0 Å². The lowest BCUT2D eigenvalue weighted by Gasteiger charge is -2.21. The summed E-state index contributed by atoms with van der Waals surface area (Å²) in [6.07, 6.45) is 0.279. The number of hydrogen-bond acceptors (Lipinski definition) is 7. The van der Waals surface area contributed by atoms with Crippen molar-refractivity contribution in [1.29, 1.82) is 0 Å². The number of carboxylic acid groups (broad SMARTS) is 2. The number of nitrogens with two attached hydrogens (primary N) is 1. The van der Waals surface area contributed by atoms with Crippen molar-refractivity contribution in [3.8, 4) is 5.75 Å². The van der Waals surface area contributed by atoms with Crippen molar-refractivity contribution in [2.45, 2.75) is 38.7 Å². The molecule has 0 spiro atoms. The van der Waals surface area contributed by atoms with Crippen molar-refractivity contribution >= 4 is 11.9 Å². The van der Waals surface area contributed by atoms with Crippen molar-refractivity contribution in [3.05, 3.63) is 29.8 Å². The van der Waals surface area contributed by atoms with Gasteiger partial charge in [0.1, 0.15) is 17.9 Å². The van der Waals surface area contributed by atoms with E-state index in [1.807, 2.05) is 6.92 Å². The van der Waals surface area contributed by atoms with Crippen LogP contribution in [0.5, 0.6) is 5.75 Å². The van der Waals surface area contributed by atoms with Gasteiger partial charge in [0, 0.05) is 12.3 Å². The van der Waals surface area contributed by atoms with Gasteiger partial charge in [-0.1, -0.05) is 19.1 Å². The summed E-state index contributed by atoms with van der Waals surface area (Å²) in [6, 6.07) is 6.77. The van der Waals surface area contributed by atoms with E-state index in [1.165, 1.54) is 0 Å². The van der Waals surface area contributed by atoms with Crippen LogP contribution in [0.4, 0.5) is 0 Å². The number of carbonyl (C=O) groups is 2. The average Bonchev–Trinajstić information content (AvgIpc) is 3.13. The van der Waals surface area contributed by atoms with Crippen LogP contribution in [0.3, 0.4) is 0 Å². The smallest absolute Gasteiger partial charge is 0.351 e. The molecule has 9 nitrogen and oxygen atoms in total. The molecule has 0 amide bonds. The number of quaternary nitrogens is 1. The first-order chi connectivity index (χ1) is 12.7. The monoisotopic (exact) mass is 385 g/mol. The molecule has 3 unspecified atom stereocenters. The fourth-order valence-corrected chi connectivity index (χ4v) is 2.52. The van der Waals surface area contributed by atoms with Gasteiger partial charge in [-0.25, -0.2) is 4.79 Å². The molecular formula is C18H27NO8. The molecule has 27 heavy (non-hydrogen) atoms. The molecule has 3 atom stereocenters. The Morgan fingerprint density at radius 3 is 2.22 bits per heavy atom. The number of aromatic hydroxyl groups is 1. The Hall–Kier alpha value is -2.20. The number of phenols is 1. The maximum Gasteiger partial charge on any atom is 0.351 e. The van der Waals surface area contributed by atoms with E-state index in [0.717, 1.165) is 18.5 Å². The summed E-state index contributed by atoms with van der Waals surface area (Å²) >= 11 is 0. The highest BCUT2D eigenvalue weighted by atomic mass is 16.7. The van der Waals surface area contributed by atoms with Crippen molar-refractivity contribution in [3.63, 3.8) is 0 Å². The summed E-state index contributed by atoms with van der Waals surface area (Å²) in [5, 5.41) is 38.1. The lowest BCUT2D eigenvalue weighted by atomic mass is 10.0. The first kappa shape index (κ1) is 22.8. The van der Waals surface area contributed by atoms with E-state index in [9.17, 15) is 10.2 Å². The molecule has 1 aromatic rings. The number of carbonyl (C=O) groups excluding carboxylic acids is 1. The lowest BCUT2D eigenvalue weighted by Crippen LogP contribution is -2.91. The molecule has 0 bridgehead atoms. The SMILES string of the molecule is CC(C[NH2+]C(C)C(O)c1ccc(O)cc1)CC1OCCO1.O=C([O-])C(=O)O. The second kappa shape index (κ2) is 11.5. The van der Waals surface area contributed by atoms with Gasteiger partial charge in [0.25, 0.3) is 0 Å². The van der Waals surface area contributed by atoms with Crippen LogP contribution in [0.25, 0.3) is 0 Å². The number of rotatable bonds is 7. The summed E-state index contributed by atoms with van der Waals surface area (Å²) < 4.78 is 10.9. The molecule has 0 saturated carbocycles. The average molecular weight is 385 g/mol. The van der Waals surface area contributed by atoms with Crippen molar-refractivity contribution in [1.82, 2.24) is 0 Å². The number of aliphatic hydroxyl groups excluding tert-OH is 1. The Morgan fingerprint density at radius 2 is 1.74 bits per heavy atom. The summed E-state index contributed by atoms with van der Waals surface area (Å²) in [5.41, 5.74) is 0.826. The zero-order valence-electron chi connectivity index (χ0n) is 15.4. The molecule has 0 aliphatic carbocycles. The van der Waals surface area contributed by atoms with Crippen molar-refractivity contribution in [2.24, 2.45) is 5.92 Å². The van der Waals surface area contributed by atoms with Gasteiger partial charge in [0.05, 0.1) is 19.8 Å². The highest BCUT2D eigenvalue weighted by Gasteiger charge is 2.23. The van der Waals surface area contributed by atoms with Crippen LogP contribution in [-0.2, 0) is 19.1 Å². The Balaban J connectivity index is 0.000000527. The van der Waals surface area contributed by atoms with Crippen LogP contribution >= 0.6 is 0 Å². The molecule has 1 fully saturated rings. The summed E-state index contributed by atoms with van der Waals surface area (Å²) in [6.45, 7) is 6.47. The predicted molar refractivity (Wildman–Crippen MR) is 91.4 cm³/mol. The predicted octanol–water partition coefficient (Wildman–Crippen LogP) is -1.40. The highest BCUT2D eigenvalue weighted by Crippen LogP contribution is 2.18. The summed E-state index contributed by atoms with van der Waals surface area (Å²) in [7, 11) is 0. The standard InChI is InChI=1S/C16H25NO4.C2H2O4/c1-11(9-15-20-7-8-21-15)10-17-12(2)16(19)13-3-5-14(18)6-4-13;3-1(4)2(5)6/h3-6,11-12,15-19H,7-10H2,1-2H3;(H,3,4)(H,5,6). The number of benzene rings is 1. The van der Waals surface area contributed by atoms with Gasteiger partial charge in [-0.3, -0.25) is 0 Å². The second-order valence-corrected chi connectivity index (χ2v) is 6.47. The molecule has 1 heterocycles. The van der Waals surface area contributed by atoms with Crippen LogP contribution < -0.4 is 10.4 Å². The minimum atomic E-state index is -2.07. The zero-order valence-corrected chi connectivity index (χ0v) is 15.4. The fourth-order valence-electron chi connectivity index (χ4n) is 2.52. The van der Waals surface area contributed by atoms with Crippen molar-refractivity contribution < 1.29 is 44.8 Å². The Bertz CT molecular complexity index is 574. The lowest BCUT2D eigenvalue weighted by molar-refractivity contribution is -0.699. The van der Waals surface area contributed by atoms with Crippen LogP contribution in [0.1, 0.15) is 31.9 Å².